The SMILES string of the molecule is Cc1ccc(C(=O)Nc2sc3c(c2C(=O)NCCO)CC[C@@H](C(C)(C)C)C3)cc1. The summed E-state index contributed by atoms with van der Waals surface area (Å²) in [6.45, 7) is 8.82. The van der Waals surface area contributed by atoms with Crippen LogP contribution >= 0.6 is 11.3 Å². The first-order valence-corrected chi connectivity index (χ1v) is 10.9. The van der Waals surface area contributed by atoms with Gasteiger partial charge in [-0.15, -0.1) is 11.3 Å². The number of benzene rings is 1. The van der Waals surface area contributed by atoms with Crippen LogP contribution in [0, 0.1) is 18.3 Å². The molecule has 0 fully saturated rings. The van der Waals surface area contributed by atoms with E-state index in [1.807, 2.05) is 19.1 Å². The van der Waals surface area contributed by atoms with Crippen molar-refractivity contribution >= 4 is 28.2 Å². The molecule has 29 heavy (non-hydrogen) atoms. The Morgan fingerprint density at radius 2 is 1.86 bits per heavy atom. The lowest BCUT2D eigenvalue weighted by molar-refractivity contribution is 0.0944. The molecule has 0 unspecified atom stereocenters. The molecule has 3 rings (SSSR count). The molecule has 2 aromatic rings. The fourth-order valence-electron chi connectivity index (χ4n) is 3.79. The van der Waals surface area contributed by atoms with E-state index < -0.39 is 0 Å². The second-order valence-electron chi connectivity index (χ2n) is 8.81. The first-order chi connectivity index (χ1) is 13.7. The van der Waals surface area contributed by atoms with Gasteiger partial charge in [-0.25, -0.2) is 0 Å². The molecule has 3 N–H and O–H groups in total. The van der Waals surface area contributed by atoms with E-state index in [1.165, 1.54) is 16.2 Å². The summed E-state index contributed by atoms with van der Waals surface area (Å²) in [5.41, 5.74) is 3.46. The van der Waals surface area contributed by atoms with Gasteiger partial charge in [0.25, 0.3) is 11.8 Å². The molecule has 0 radical (unpaired) electrons. The van der Waals surface area contributed by atoms with Crippen LogP contribution in [-0.4, -0.2) is 30.1 Å². The molecule has 0 spiro atoms. The third-order valence-corrected chi connectivity index (χ3v) is 6.83. The average Bonchev–Trinajstić information content (AvgIpc) is 3.02. The van der Waals surface area contributed by atoms with Gasteiger partial charge in [-0.2, -0.15) is 0 Å². The number of aliphatic hydroxyl groups excluding tert-OH is 1. The van der Waals surface area contributed by atoms with E-state index >= 15 is 0 Å². The summed E-state index contributed by atoms with van der Waals surface area (Å²) < 4.78 is 0. The predicted octanol–water partition coefficient (Wildman–Crippen LogP) is 4.18. The van der Waals surface area contributed by atoms with Crippen molar-refractivity contribution < 1.29 is 14.7 Å². The van der Waals surface area contributed by atoms with Crippen LogP contribution in [0.1, 0.15) is 63.9 Å². The van der Waals surface area contributed by atoms with E-state index in [4.69, 9.17) is 5.11 Å². The monoisotopic (exact) mass is 414 g/mol. The maximum absolute atomic E-state index is 12.8. The average molecular weight is 415 g/mol. The summed E-state index contributed by atoms with van der Waals surface area (Å²) in [6.07, 6.45) is 2.78. The molecule has 6 heteroatoms. The third-order valence-electron chi connectivity index (χ3n) is 5.66. The Hall–Kier alpha value is -2.18. The zero-order valence-corrected chi connectivity index (χ0v) is 18.4. The molecule has 1 aromatic heterocycles. The molecular formula is C23H30N2O3S. The standard InChI is InChI=1S/C23H30N2O3S/c1-14-5-7-15(8-6-14)20(27)25-22-19(21(28)24-11-12-26)17-10-9-16(23(2,3)4)13-18(17)29-22/h5-8,16,26H,9-13H2,1-4H3,(H,24,28)(H,25,27)/t16-/m1/s1. The smallest absolute Gasteiger partial charge is 0.256 e. The molecule has 5 nitrogen and oxygen atoms in total. The van der Waals surface area contributed by atoms with Crippen molar-refractivity contribution in [2.75, 3.05) is 18.5 Å². The molecule has 2 amide bonds. The summed E-state index contributed by atoms with van der Waals surface area (Å²) >= 11 is 1.51. The number of hydrogen-bond donors (Lipinski definition) is 3. The second-order valence-corrected chi connectivity index (χ2v) is 9.92. The minimum absolute atomic E-state index is 0.116. The quantitative estimate of drug-likeness (QED) is 0.687. The number of hydrogen-bond acceptors (Lipinski definition) is 4. The Morgan fingerprint density at radius 3 is 2.48 bits per heavy atom. The summed E-state index contributed by atoms with van der Waals surface area (Å²) in [7, 11) is 0. The van der Waals surface area contributed by atoms with Crippen molar-refractivity contribution in [2.45, 2.75) is 47.0 Å². The van der Waals surface area contributed by atoms with Crippen molar-refractivity contribution in [1.82, 2.24) is 5.32 Å². The van der Waals surface area contributed by atoms with Crippen LogP contribution in [-0.2, 0) is 12.8 Å². The van der Waals surface area contributed by atoms with Crippen LogP contribution < -0.4 is 10.6 Å². The summed E-state index contributed by atoms with van der Waals surface area (Å²) in [5.74, 6) is 0.0970. The van der Waals surface area contributed by atoms with Crippen LogP contribution in [0.2, 0.25) is 0 Å². The van der Waals surface area contributed by atoms with Crippen molar-refractivity contribution in [2.24, 2.45) is 11.3 Å². The first-order valence-electron chi connectivity index (χ1n) is 10.1. The normalized spacial score (nSPS) is 16.2. The molecular weight excluding hydrogens is 384 g/mol. The topological polar surface area (TPSA) is 78.4 Å². The van der Waals surface area contributed by atoms with Crippen LogP contribution in [0.25, 0.3) is 0 Å². The number of fused-ring (bicyclic) bond motifs is 1. The Kier molecular flexibility index (Phi) is 6.44. The highest BCUT2D eigenvalue weighted by molar-refractivity contribution is 7.17. The third kappa shape index (κ3) is 4.87. The van der Waals surface area contributed by atoms with Crippen molar-refractivity contribution in [3.63, 3.8) is 0 Å². The molecule has 1 aliphatic carbocycles. The maximum Gasteiger partial charge on any atom is 0.256 e. The molecule has 1 aromatic carbocycles. The van der Waals surface area contributed by atoms with Gasteiger partial charge < -0.3 is 15.7 Å². The number of rotatable bonds is 5. The fourth-order valence-corrected chi connectivity index (χ4v) is 5.11. The number of anilines is 1. The lowest BCUT2D eigenvalue weighted by Gasteiger charge is -2.33. The van der Waals surface area contributed by atoms with Gasteiger partial charge in [0.2, 0.25) is 0 Å². The molecule has 0 saturated heterocycles. The van der Waals surface area contributed by atoms with Gasteiger partial charge >= 0.3 is 0 Å². The minimum Gasteiger partial charge on any atom is -0.395 e. The largest absolute Gasteiger partial charge is 0.395 e. The van der Waals surface area contributed by atoms with Crippen molar-refractivity contribution in [3.05, 3.63) is 51.4 Å². The highest BCUT2D eigenvalue weighted by Gasteiger charge is 2.34. The van der Waals surface area contributed by atoms with E-state index in [0.717, 1.165) is 30.4 Å². The van der Waals surface area contributed by atoms with Gasteiger partial charge in [-0.05, 0) is 55.2 Å². The lowest BCUT2D eigenvalue weighted by Crippen LogP contribution is -2.30. The number of thiophene rings is 1. The van der Waals surface area contributed by atoms with Gasteiger partial charge in [-0.1, -0.05) is 38.5 Å². The molecule has 0 bridgehead atoms. The summed E-state index contributed by atoms with van der Waals surface area (Å²) in [6, 6.07) is 7.38. The zero-order valence-electron chi connectivity index (χ0n) is 17.6. The van der Waals surface area contributed by atoms with Crippen LogP contribution in [0.3, 0.4) is 0 Å². The van der Waals surface area contributed by atoms with E-state index in [2.05, 4.69) is 31.4 Å². The number of carbonyl (C=O) groups is 2. The van der Waals surface area contributed by atoms with Gasteiger partial charge in [0.15, 0.2) is 0 Å². The summed E-state index contributed by atoms with van der Waals surface area (Å²) in [5, 5.41) is 15.4. The molecule has 1 aliphatic rings. The Labute approximate surface area is 176 Å². The van der Waals surface area contributed by atoms with Crippen LogP contribution in [0.15, 0.2) is 24.3 Å². The fraction of sp³-hybridized carbons (Fsp3) is 0.478. The van der Waals surface area contributed by atoms with Gasteiger partial charge in [0, 0.05) is 17.0 Å². The lowest BCUT2D eigenvalue weighted by atomic mass is 9.72. The van der Waals surface area contributed by atoms with Crippen molar-refractivity contribution in [3.8, 4) is 0 Å². The van der Waals surface area contributed by atoms with Crippen LogP contribution in [0.4, 0.5) is 5.00 Å². The molecule has 1 heterocycles. The van der Waals surface area contributed by atoms with E-state index in [1.54, 1.807) is 12.1 Å². The van der Waals surface area contributed by atoms with E-state index in [0.29, 0.717) is 22.0 Å². The van der Waals surface area contributed by atoms with Gasteiger partial charge in [0.1, 0.15) is 5.00 Å². The number of carbonyl (C=O) groups excluding carboxylic acids is 2. The van der Waals surface area contributed by atoms with E-state index in [9.17, 15) is 9.59 Å². The Morgan fingerprint density at radius 1 is 1.17 bits per heavy atom. The second kappa shape index (κ2) is 8.67. The minimum atomic E-state index is -0.232. The molecule has 0 aliphatic heterocycles. The molecule has 1 atom stereocenters. The van der Waals surface area contributed by atoms with Crippen molar-refractivity contribution in [1.29, 1.82) is 0 Å². The van der Waals surface area contributed by atoms with E-state index in [-0.39, 0.29) is 30.4 Å². The van der Waals surface area contributed by atoms with Gasteiger partial charge in [-0.3, -0.25) is 9.59 Å². The summed E-state index contributed by atoms with van der Waals surface area (Å²) in [4.78, 5) is 26.8. The highest BCUT2D eigenvalue weighted by atomic mass is 32.1. The highest BCUT2D eigenvalue weighted by Crippen LogP contribution is 2.44. The number of amides is 2. The Bertz CT molecular complexity index is 894. The Balaban J connectivity index is 1.92. The number of aryl methyl sites for hydroxylation is 1. The van der Waals surface area contributed by atoms with Gasteiger partial charge in [0.05, 0.1) is 12.2 Å². The number of aliphatic hydroxyl groups is 1. The molecule has 0 saturated carbocycles. The molecule has 156 valence electrons. The first kappa shape index (κ1) is 21.5. The number of nitrogens with one attached hydrogen (secondary N) is 2. The predicted molar refractivity (Wildman–Crippen MR) is 118 cm³/mol. The zero-order chi connectivity index (χ0) is 21.2. The maximum atomic E-state index is 12.8. The van der Waals surface area contributed by atoms with Crippen LogP contribution in [0.5, 0.6) is 0 Å².